The molecule has 4 aliphatic carbocycles. The minimum atomic E-state index is -0.672. The number of hydrogen-bond acceptors (Lipinski definition) is 4. The molecule has 4 heteroatoms. The maximum absolute atomic E-state index is 11.7. The van der Waals surface area contributed by atoms with Crippen LogP contribution in [0.15, 0.2) is 0 Å². The van der Waals surface area contributed by atoms with Gasteiger partial charge < -0.3 is 19.7 Å². The molecule has 2 aliphatic heterocycles. The van der Waals surface area contributed by atoms with Crippen molar-refractivity contribution in [1.29, 1.82) is 0 Å². The number of aliphatic hydroxyl groups excluding tert-OH is 1. The summed E-state index contributed by atoms with van der Waals surface area (Å²) in [5.41, 5.74) is -0.375. The molecule has 0 aromatic rings. The Bertz CT molecular complexity index is 731. The highest BCUT2D eigenvalue weighted by Gasteiger charge is 2.70. The first-order valence-corrected chi connectivity index (χ1v) is 13.3. The van der Waals surface area contributed by atoms with Gasteiger partial charge in [-0.3, -0.25) is 0 Å². The van der Waals surface area contributed by atoms with Crippen molar-refractivity contribution < 1.29 is 19.7 Å². The molecule has 2 N–H and O–H groups in total. The number of fused-ring (bicyclic) bond motifs is 7. The third-order valence-electron chi connectivity index (χ3n) is 12.0. The smallest absolute Gasteiger partial charge is 0.171 e. The van der Waals surface area contributed by atoms with Gasteiger partial charge in [0.25, 0.3) is 0 Å². The fourth-order valence-electron chi connectivity index (χ4n) is 10.2. The molecular formula is C27H44O4. The molecule has 4 nitrogen and oxygen atoms in total. The number of rotatable bonds is 0. The van der Waals surface area contributed by atoms with Gasteiger partial charge in [-0.05, 0) is 91.8 Å². The second-order valence-electron chi connectivity index (χ2n) is 13.3. The Labute approximate surface area is 188 Å². The van der Waals surface area contributed by atoms with Crippen molar-refractivity contribution in [2.75, 3.05) is 6.61 Å². The van der Waals surface area contributed by atoms with Crippen LogP contribution in [-0.2, 0) is 9.47 Å². The van der Waals surface area contributed by atoms with Crippen molar-refractivity contribution in [3.8, 4) is 0 Å². The van der Waals surface area contributed by atoms with Crippen molar-refractivity contribution in [1.82, 2.24) is 0 Å². The van der Waals surface area contributed by atoms with E-state index in [1.54, 1.807) is 0 Å². The highest BCUT2D eigenvalue weighted by atomic mass is 16.7. The monoisotopic (exact) mass is 432 g/mol. The largest absolute Gasteiger partial charge is 0.393 e. The van der Waals surface area contributed by atoms with E-state index in [0.717, 1.165) is 38.7 Å². The molecule has 2 heterocycles. The van der Waals surface area contributed by atoms with E-state index < -0.39 is 5.60 Å². The third-order valence-corrected chi connectivity index (χ3v) is 12.0. The molecule has 1 spiro atoms. The molecule has 6 rings (SSSR count). The van der Waals surface area contributed by atoms with Crippen molar-refractivity contribution >= 4 is 0 Å². The third kappa shape index (κ3) is 2.68. The van der Waals surface area contributed by atoms with E-state index in [1.807, 2.05) is 0 Å². The summed E-state index contributed by atoms with van der Waals surface area (Å²) in [7, 11) is 0. The molecule has 0 amide bonds. The maximum Gasteiger partial charge on any atom is 0.171 e. The zero-order valence-electron chi connectivity index (χ0n) is 20.1. The SMILES string of the molecule is CC1CC[C@@]2(OC1)O[C@H]1C[C@H]3[C@@H]4CCC5(O)CC(O)CC[C@]5(C)[C@H]4CC[C@]3(C)[C@H]1[C@@H]2C. The summed E-state index contributed by atoms with van der Waals surface area (Å²) < 4.78 is 13.3. The van der Waals surface area contributed by atoms with Gasteiger partial charge in [0.05, 0.1) is 24.4 Å². The Kier molecular flexibility index (Phi) is 4.62. The van der Waals surface area contributed by atoms with Crippen molar-refractivity contribution in [2.24, 2.45) is 46.3 Å². The Balaban J connectivity index is 1.27. The van der Waals surface area contributed by atoms with Crippen LogP contribution in [0.4, 0.5) is 0 Å². The summed E-state index contributed by atoms with van der Waals surface area (Å²) >= 11 is 0. The number of aliphatic hydroxyl groups is 2. The average molecular weight is 433 g/mol. The van der Waals surface area contributed by atoms with Crippen LogP contribution in [0.25, 0.3) is 0 Å². The summed E-state index contributed by atoms with van der Waals surface area (Å²) in [4.78, 5) is 0. The van der Waals surface area contributed by atoms with Crippen LogP contribution in [0.1, 0.15) is 91.9 Å². The van der Waals surface area contributed by atoms with Crippen LogP contribution in [0.3, 0.4) is 0 Å². The quantitative estimate of drug-likeness (QED) is 0.571. The molecule has 6 fully saturated rings. The molecular weight excluding hydrogens is 388 g/mol. The van der Waals surface area contributed by atoms with Gasteiger partial charge >= 0.3 is 0 Å². The van der Waals surface area contributed by atoms with Crippen LogP contribution in [0.5, 0.6) is 0 Å². The van der Waals surface area contributed by atoms with E-state index in [4.69, 9.17) is 9.47 Å². The van der Waals surface area contributed by atoms with Crippen LogP contribution in [-0.4, -0.2) is 40.4 Å². The van der Waals surface area contributed by atoms with E-state index in [1.165, 1.54) is 25.7 Å². The Morgan fingerprint density at radius 2 is 1.71 bits per heavy atom. The summed E-state index contributed by atoms with van der Waals surface area (Å²) in [5.74, 6) is 3.39. The van der Waals surface area contributed by atoms with Crippen LogP contribution < -0.4 is 0 Å². The van der Waals surface area contributed by atoms with Crippen LogP contribution >= 0.6 is 0 Å². The summed E-state index contributed by atoms with van der Waals surface area (Å²) in [6.07, 6.45) is 10.4. The molecule has 2 saturated heterocycles. The van der Waals surface area contributed by atoms with E-state index >= 15 is 0 Å². The van der Waals surface area contributed by atoms with E-state index in [0.29, 0.717) is 53.4 Å². The lowest BCUT2D eigenvalue weighted by atomic mass is 9.43. The topological polar surface area (TPSA) is 58.9 Å². The van der Waals surface area contributed by atoms with E-state index in [2.05, 4.69) is 27.7 Å². The molecule has 0 aromatic heterocycles. The lowest BCUT2D eigenvalue weighted by molar-refractivity contribution is -0.274. The first kappa shape index (κ1) is 21.4. The van der Waals surface area contributed by atoms with Gasteiger partial charge in [0.1, 0.15) is 0 Å². The van der Waals surface area contributed by atoms with Gasteiger partial charge in [0.15, 0.2) is 5.79 Å². The predicted octanol–water partition coefficient (Wildman–Crippen LogP) is 4.91. The highest BCUT2D eigenvalue weighted by molar-refractivity contribution is 5.17. The number of hydrogen-bond donors (Lipinski definition) is 2. The van der Waals surface area contributed by atoms with Crippen LogP contribution in [0.2, 0.25) is 0 Å². The standard InChI is InChI=1S/C27H44O4/c1-16-5-12-27(30-15-16)17(2)23-22(31-27)13-21-19-7-11-26(29)14-18(28)6-10-25(26,4)20(19)8-9-24(21,23)3/h16-23,28-29H,5-15H2,1-4H3/t16?,17-,18?,19+,20-,21-,22-,23-,24-,25+,26?,27+/m0/s1. The molecule has 0 bridgehead atoms. The van der Waals surface area contributed by atoms with Gasteiger partial charge in [0.2, 0.25) is 0 Å². The fraction of sp³-hybridized carbons (Fsp3) is 1.00. The molecule has 31 heavy (non-hydrogen) atoms. The van der Waals surface area contributed by atoms with Gasteiger partial charge in [-0.15, -0.1) is 0 Å². The van der Waals surface area contributed by atoms with Gasteiger partial charge in [0, 0.05) is 18.8 Å². The normalized spacial score (nSPS) is 63.3. The van der Waals surface area contributed by atoms with E-state index in [9.17, 15) is 10.2 Å². The van der Waals surface area contributed by atoms with Gasteiger partial charge in [-0.2, -0.15) is 0 Å². The zero-order chi connectivity index (χ0) is 21.8. The second-order valence-corrected chi connectivity index (χ2v) is 13.3. The predicted molar refractivity (Wildman–Crippen MR) is 119 cm³/mol. The van der Waals surface area contributed by atoms with Crippen LogP contribution in [0, 0.1) is 46.3 Å². The molecule has 0 radical (unpaired) electrons. The first-order chi connectivity index (χ1) is 14.6. The molecule has 176 valence electrons. The van der Waals surface area contributed by atoms with E-state index in [-0.39, 0.29) is 17.3 Å². The molecule has 3 unspecified atom stereocenters. The Morgan fingerprint density at radius 1 is 0.903 bits per heavy atom. The first-order valence-electron chi connectivity index (χ1n) is 13.3. The fourth-order valence-corrected chi connectivity index (χ4v) is 10.2. The lowest BCUT2D eigenvalue weighted by Gasteiger charge is -2.64. The minimum absolute atomic E-state index is 0.0372. The molecule has 12 atom stereocenters. The lowest BCUT2D eigenvalue weighted by Crippen LogP contribution is -2.63. The molecule has 0 aromatic carbocycles. The summed E-state index contributed by atoms with van der Waals surface area (Å²) in [5, 5.41) is 22.0. The molecule has 4 saturated carbocycles. The minimum Gasteiger partial charge on any atom is -0.393 e. The molecule has 6 aliphatic rings. The van der Waals surface area contributed by atoms with Gasteiger partial charge in [-0.25, -0.2) is 0 Å². The average Bonchev–Trinajstić information content (AvgIpc) is 3.16. The number of ether oxygens (including phenoxy) is 2. The highest BCUT2D eigenvalue weighted by Crippen LogP contribution is 2.71. The zero-order valence-corrected chi connectivity index (χ0v) is 20.1. The second kappa shape index (κ2) is 6.71. The Hall–Kier alpha value is -0.160. The van der Waals surface area contributed by atoms with Crippen molar-refractivity contribution in [2.45, 2.75) is 115 Å². The summed E-state index contributed by atoms with van der Waals surface area (Å²) in [6.45, 7) is 10.5. The van der Waals surface area contributed by atoms with Crippen molar-refractivity contribution in [3.05, 3.63) is 0 Å². The Morgan fingerprint density at radius 3 is 2.45 bits per heavy atom. The van der Waals surface area contributed by atoms with Crippen molar-refractivity contribution in [3.63, 3.8) is 0 Å². The summed E-state index contributed by atoms with van der Waals surface area (Å²) in [6, 6.07) is 0. The van der Waals surface area contributed by atoms with Gasteiger partial charge in [-0.1, -0.05) is 27.7 Å². The maximum atomic E-state index is 11.7.